The predicted molar refractivity (Wildman–Crippen MR) is 103 cm³/mol. The Labute approximate surface area is 155 Å². The third-order valence-electron chi connectivity index (χ3n) is 6.01. The number of carbonyl (C=O) groups is 1. The Hall–Kier alpha value is -1.92. The van der Waals surface area contributed by atoms with Crippen molar-refractivity contribution in [1.29, 1.82) is 0 Å². The number of imidazole rings is 1. The van der Waals surface area contributed by atoms with Gasteiger partial charge in [-0.05, 0) is 37.8 Å². The smallest absolute Gasteiger partial charge is 0.222 e. The molecule has 2 aliphatic rings. The molecule has 2 aromatic rings. The topological polar surface area (TPSA) is 67.4 Å². The van der Waals surface area contributed by atoms with Gasteiger partial charge in [0, 0.05) is 45.2 Å². The van der Waals surface area contributed by atoms with E-state index in [0.717, 1.165) is 50.4 Å². The lowest BCUT2D eigenvalue weighted by Crippen LogP contribution is -2.56. The Morgan fingerprint density at radius 2 is 2.12 bits per heavy atom. The van der Waals surface area contributed by atoms with E-state index in [1.165, 1.54) is 5.52 Å². The summed E-state index contributed by atoms with van der Waals surface area (Å²) in [4.78, 5) is 21.7. The van der Waals surface area contributed by atoms with Crippen molar-refractivity contribution >= 4 is 16.9 Å². The van der Waals surface area contributed by atoms with Crippen LogP contribution < -0.4 is 5.73 Å². The van der Waals surface area contributed by atoms with Crippen LogP contribution in [0.2, 0.25) is 0 Å². The van der Waals surface area contributed by atoms with Crippen LogP contribution in [0.15, 0.2) is 24.3 Å². The van der Waals surface area contributed by atoms with E-state index in [2.05, 4.69) is 40.7 Å². The first-order valence-electron chi connectivity index (χ1n) is 9.87. The highest BCUT2D eigenvalue weighted by molar-refractivity contribution is 5.77. The number of nitrogens with zero attached hydrogens (tertiary/aromatic N) is 4. The highest BCUT2D eigenvalue weighted by Gasteiger charge is 2.39. The Morgan fingerprint density at radius 3 is 2.92 bits per heavy atom. The standard InChI is InChI=1S/C20H29N5O/c1-2-24-18-6-4-3-5-16(18)22-19(24)14-23-11-9-17-15(13-23)7-8-20(26)25(17)12-10-21/h3-6,15,17H,2,7-14,21H2,1H3/t15-,17+/m0/s1. The molecule has 26 heavy (non-hydrogen) atoms. The van der Waals surface area contributed by atoms with Gasteiger partial charge in [-0.1, -0.05) is 12.1 Å². The van der Waals surface area contributed by atoms with Crippen LogP contribution >= 0.6 is 0 Å². The summed E-state index contributed by atoms with van der Waals surface area (Å²) < 4.78 is 2.33. The lowest BCUT2D eigenvalue weighted by Gasteiger charge is -2.47. The SMILES string of the molecule is CCn1c(CN2CC[C@@H]3[C@@H](CCC(=O)N3CCN)C2)nc2ccccc21. The Kier molecular flexibility index (Phi) is 4.96. The van der Waals surface area contributed by atoms with Gasteiger partial charge >= 0.3 is 0 Å². The van der Waals surface area contributed by atoms with E-state index in [9.17, 15) is 4.79 Å². The van der Waals surface area contributed by atoms with Crippen molar-refractivity contribution in [3.8, 4) is 0 Å². The van der Waals surface area contributed by atoms with Crippen molar-refractivity contribution in [2.24, 2.45) is 11.7 Å². The minimum atomic E-state index is 0.290. The predicted octanol–water partition coefficient (Wildman–Crippen LogP) is 1.83. The van der Waals surface area contributed by atoms with E-state index < -0.39 is 0 Å². The molecule has 1 amide bonds. The maximum absolute atomic E-state index is 12.2. The van der Waals surface area contributed by atoms with Crippen LogP contribution in [0.25, 0.3) is 11.0 Å². The summed E-state index contributed by atoms with van der Waals surface area (Å²) in [6, 6.07) is 8.75. The second-order valence-corrected chi connectivity index (χ2v) is 7.53. The van der Waals surface area contributed by atoms with Crippen LogP contribution in [0.4, 0.5) is 0 Å². The fourth-order valence-corrected chi connectivity index (χ4v) is 4.80. The van der Waals surface area contributed by atoms with Crippen LogP contribution in [0.1, 0.15) is 32.0 Å². The number of nitrogens with two attached hydrogens (primary N) is 1. The van der Waals surface area contributed by atoms with E-state index in [1.807, 2.05) is 4.90 Å². The zero-order valence-corrected chi connectivity index (χ0v) is 15.6. The summed E-state index contributed by atoms with van der Waals surface area (Å²) in [7, 11) is 0. The fraction of sp³-hybridized carbons (Fsp3) is 0.600. The molecule has 0 aliphatic carbocycles. The van der Waals surface area contributed by atoms with Crippen LogP contribution in [-0.4, -0.2) is 57.5 Å². The second kappa shape index (κ2) is 7.37. The number of fused-ring (bicyclic) bond motifs is 2. The van der Waals surface area contributed by atoms with Gasteiger partial charge in [0.2, 0.25) is 5.91 Å². The zero-order valence-electron chi connectivity index (χ0n) is 15.6. The van der Waals surface area contributed by atoms with Crippen molar-refractivity contribution in [3.63, 3.8) is 0 Å². The van der Waals surface area contributed by atoms with Gasteiger partial charge in [0.15, 0.2) is 0 Å². The van der Waals surface area contributed by atoms with E-state index in [4.69, 9.17) is 10.7 Å². The van der Waals surface area contributed by atoms with Gasteiger partial charge in [0.25, 0.3) is 0 Å². The van der Waals surface area contributed by atoms with Crippen LogP contribution in [0, 0.1) is 5.92 Å². The molecule has 0 unspecified atom stereocenters. The Bertz CT molecular complexity index is 786. The highest BCUT2D eigenvalue weighted by Crippen LogP contribution is 2.31. The number of amides is 1. The maximum atomic E-state index is 12.2. The lowest BCUT2D eigenvalue weighted by molar-refractivity contribution is -0.141. The van der Waals surface area contributed by atoms with Gasteiger partial charge < -0.3 is 15.2 Å². The number of rotatable bonds is 5. The molecule has 0 radical (unpaired) electrons. The molecule has 0 bridgehead atoms. The summed E-state index contributed by atoms with van der Waals surface area (Å²) in [6.07, 6.45) is 2.72. The molecular weight excluding hydrogens is 326 g/mol. The Balaban J connectivity index is 1.49. The van der Waals surface area contributed by atoms with Gasteiger partial charge in [0.1, 0.15) is 5.82 Å². The molecule has 0 saturated carbocycles. The molecule has 2 fully saturated rings. The average Bonchev–Trinajstić information content (AvgIpc) is 3.01. The molecule has 1 aromatic carbocycles. The minimum Gasteiger partial charge on any atom is -0.338 e. The molecule has 140 valence electrons. The molecule has 0 spiro atoms. The van der Waals surface area contributed by atoms with Gasteiger partial charge in [0.05, 0.1) is 17.6 Å². The van der Waals surface area contributed by atoms with Gasteiger partial charge in [-0.2, -0.15) is 0 Å². The molecule has 1 aromatic heterocycles. The largest absolute Gasteiger partial charge is 0.338 e. The number of aromatic nitrogens is 2. The quantitative estimate of drug-likeness (QED) is 0.888. The summed E-state index contributed by atoms with van der Waals surface area (Å²) in [5.41, 5.74) is 8.03. The fourth-order valence-electron chi connectivity index (χ4n) is 4.80. The number of para-hydroxylation sites is 2. The van der Waals surface area contributed by atoms with Crippen molar-refractivity contribution in [1.82, 2.24) is 19.4 Å². The van der Waals surface area contributed by atoms with E-state index in [1.54, 1.807) is 0 Å². The zero-order chi connectivity index (χ0) is 18.1. The first-order chi connectivity index (χ1) is 12.7. The Morgan fingerprint density at radius 1 is 1.27 bits per heavy atom. The summed E-state index contributed by atoms with van der Waals surface area (Å²) in [5.74, 6) is 2.00. The minimum absolute atomic E-state index is 0.290. The van der Waals surface area contributed by atoms with Crippen LogP contribution in [0.3, 0.4) is 0 Å². The van der Waals surface area contributed by atoms with Crippen molar-refractivity contribution in [3.05, 3.63) is 30.1 Å². The molecule has 6 nitrogen and oxygen atoms in total. The maximum Gasteiger partial charge on any atom is 0.222 e. The lowest BCUT2D eigenvalue weighted by atomic mass is 9.83. The van der Waals surface area contributed by atoms with Crippen LogP contribution in [-0.2, 0) is 17.9 Å². The first kappa shape index (κ1) is 17.5. The molecular formula is C20H29N5O. The van der Waals surface area contributed by atoms with E-state index in [-0.39, 0.29) is 5.91 Å². The summed E-state index contributed by atoms with van der Waals surface area (Å²) >= 11 is 0. The number of hydrogen-bond acceptors (Lipinski definition) is 4. The second-order valence-electron chi connectivity index (χ2n) is 7.53. The molecule has 4 rings (SSSR count). The molecule has 2 N–H and O–H groups in total. The third kappa shape index (κ3) is 3.12. The molecule has 2 saturated heterocycles. The normalized spacial score (nSPS) is 24.2. The number of hydrogen-bond donors (Lipinski definition) is 1. The molecule has 3 heterocycles. The summed E-state index contributed by atoms with van der Waals surface area (Å²) in [6.45, 7) is 7.32. The van der Waals surface area contributed by atoms with Gasteiger partial charge in [-0.3, -0.25) is 9.69 Å². The average molecular weight is 355 g/mol. The van der Waals surface area contributed by atoms with E-state index in [0.29, 0.717) is 31.5 Å². The van der Waals surface area contributed by atoms with Gasteiger partial charge in [-0.25, -0.2) is 4.98 Å². The van der Waals surface area contributed by atoms with E-state index >= 15 is 0 Å². The van der Waals surface area contributed by atoms with Crippen LogP contribution in [0.5, 0.6) is 0 Å². The van der Waals surface area contributed by atoms with Crippen molar-refractivity contribution < 1.29 is 4.79 Å². The molecule has 6 heteroatoms. The van der Waals surface area contributed by atoms with Gasteiger partial charge in [-0.15, -0.1) is 0 Å². The highest BCUT2D eigenvalue weighted by atomic mass is 16.2. The third-order valence-corrected chi connectivity index (χ3v) is 6.01. The monoisotopic (exact) mass is 355 g/mol. The number of likely N-dealkylation sites (tertiary alicyclic amines) is 2. The number of piperidine rings is 2. The number of benzene rings is 1. The number of aryl methyl sites for hydroxylation is 1. The number of carbonyl (C=O) groups excluding carboxylic acids is 1. The first-order valence-corrected chi connectivity index (χ1v) is 9.87. The summed E-state index contributed by atoms with van der Waals surface area (Å²) in [5, 5.41) is 0. The van der Waals surface area contributed by atoms with Crippen molar-refractivity contribution in [2.75, 3.05) is 26.2 Å². The molecule has 2 aliphatic heterocycles. The molecule has 2 atom stereocenters. The van der Waals surface area contributed by atoms with Crippen molar-refractivity contribution in [2.45, 2.75) is 45.3 Å².